The molecule has 0 spiro atoms. The van der Waals surface area contributed by atoms with Crippen LogP contribution in [0.15, 0.2) is 0 Å². The molecule has 0 rings (SSSR count). The van der Waals surface area contributed by atoms with Crippen LogP contribution in [0.1, 0.15) is 6.42 Å². The van der Waals surface area contributed by atoms with E-state index >= 15 is 0 Å². The normalized spacial score (nSPS) is 14.0. The largest absolute Gasteiger partial charge is 0.394 e. The van der Waals surface area contributed by atoms with Crippen molar-refractivity contribution in [3.63, 3.8) is 0 Å². The summed E-state index contributed by atoms with van der Waals surface area (Å²) in [6, 6.07) is -2.37. The number of nitrogens with one attached hydrogen (secondary N) is 1. The highest BCUT2D eigenvalue weighted by molar-refractivity contribution is 5.91. The number of primary amides is 2. The summed E-state index contributed by atoms with van der Waals surface area (Å²) in [7, 11) is 0. The Kier molecular flexibility index (Phi) is 5.27. The first kappa shape index (κ1) is 13.3. The zero-order valence-corrected chi connectivity index (χ0v) is 7.97. The summed E-state index contributed by atoms with van der Waals surface area (Å²) >= 11 is 0. The second-order valence-corrected chi connectivity index (χ2v) is 2.92. The summed E-state index contributed by atoms with van der Waals surface area (Å²) in [4.78, 5) is 32.2. The third kappa shape index (κ3) is 4.93. The van der Waals surface area contributed by atoms with Crippen LogP contribution in [0.4, 0.5) is 0 Å². The molecule has 0 aromatic heterocycles. The molecule has 0 fully saturated rings. The number of carbonyl (C=O) groups excluding carboxylic acids is 3. The van der Waals surface area contributed by atoms with Crippen LogP contribution in [0.3, 0.4) is 0 Å². The molecule has 0 aliphatic carbocycles. The molecule has 0 saturated carbocycles. The first-order valence-corrected chi connectivity index (χ1v) is 4.13. The number of carbonyl (C=O) groups is 3. The fourth-order valence-electron chi connectivity index (χ4n) is 0.795. The van der Waals surface area contributed by atoms with E-state index in [1.165, 1.54) is 0 Å². The highest BCUT2D eigenvalue weighted by atomic mass is 16.3. The van der Waals surface area contributed by atoms with E-state index in [9.17, 15) is 14.4 Å². The summed E-state index contributed by atoms with van der Waals surface area (Å²) in [6.07, 6.45) is -0.345. The van der Waals surface area contributed by atoms with Gasteiger partial charge in [-0.3, -0.25) is 14.4 Å². The third-order valence-corrected chi connectivity index (χ3v) is 1.60. The zero-order valence-electron chi connectivity index (χ0n) is 7.97. The monoisotopic (exact) mass is 218 g/mol. The van der Waals surface area contributed by atoms with Crippen LogP contribution in [0.5, 0.6) is 0 Å². The van der Waals surface area contributed by atoms with Crippen molar-refractivity contribution < 1.29 is 19.5 Å². The fraction of sp³-hybridized carbons (Fsp3) is 0.571. The molecule has 0 unspecified atom stereocenters. The van der Waals surface area contributed by atoms with Gasteiger partial charge in [0.2, 0.25) is 17.7 Å². The number of hydrogen-bond acceptors (Lipinski definition) is 5. The summed E-state index contributed by atoms with van der Waals surface area (Å²) < 4.78 is 0. The van der Waals surface area contributed by atoms with Crippen LogP contribution in [-0.2, 0) is 14.4 Å². The Morgan fingerprint density at radius 1 is 1.27 bits per heavy atom. The van der Waals surface area contributed by atoms with E-state index in [0.717, 1.165) is 0 Å². The summed E-state index contributed by atoms with van der Waals surface area (Å²) in [5.41, 5.74) is 14.9. The Labute approximate surface area is 85.8 Å². The van der Waals surface area contributed by atoms with Crippen molar-refractivity contribution in [2.24, 2.45) is 17.2 Å². The quantitative estimate of drug-likeness (QED) is 0.308. The van der Waals surface area contributed by atoms with Crippen molar-refractivity contribution >= 4 is 17.7 Å². The van der Waals surface area contributed by atoms with Crippen molar-refractivity contribution in [2.45, 2.75) is 18.5 Å². The average molecular weight is 218 g/mol. The van der Waals surface area contributed by atoms with Crippen molar-refractivity contribution in [1.29, 1.82) is 0 Å². The summed E-state index contributed by atoms with van der Waals surface area (Å²) in [5, 5.41) is 10.7. The number of nitrogens with two attached hydrogens (primary N) is 3. The van der Waals surface area contributed by atoms with E-state index in [-0.39, 0.29) is 6.42 Å². The highest BCUT2D eigenvalue weighted by Crippen LogP contribution is 1.89. The molecule has 3 amide bonds. The fourth-order valence-corrected chi connectivity index (χ4v) is 0.795. The lowest BCUT2D eigenvalue weighted by Gasteiger charge is -2.15. The number of hydrogen-bond donors (Lipinski definition) is 5. The van der Waals surface area contributed by atoms with Crippen LogP contribution < -0.4 is 22.5 Å². The lowest BCUT2D eigenvalue weighted by Crippen LogP contribution is -2.52. The number of amides is 3. The van der Waals surface area contributed by atoms with E-state index < -0.39 is 36.4 Å². The molecule has 0 saturated heterocycles. The molecule has 8 N–H and O–H groups in total. The molecule has 2 atom stereocenters. The number of aliphatic hydroxyl groups excluding tert-OH is 1. The first-order valence-electron chi connectivity index (χ1n) is 4.13. The van der Waals surface area contributed by atoms with E-state index in [2.05, 4.69) is 5.32 Å². The van der Waals surface area contributed by atoms with Gasteiger partial charge in [-0.1, -0.05) is 0 Å². The molecular weight excluding hydrogens is 204 g/mol. The van der Waals surface area contributed by atoms with Gasteiger partial charge in [-0.2, -0.15) is 0 Å². The SMILES string of the molecule is NC(=O)C[C@H](N)C(=O)N[C@@H](CO)C(N)=O. The smallest absolute Gasteiger partial charge is 0.242 e. The molecule has 0 aromatic rings. The van der Waals surface area contributed by atoms with Crippen molar-refractivity contribution in [1.82, 2.24) is 5.32 Å². The lowest BCUT2D eigenvalue weighted by atomic mass is 10.2. The maximum Gasteiger partial charge on any atom is 0.242 e. The van der Waals surface area contributed by atoms with Gasteiger partial charge < -0.3 is 27.6 Å². The molecule has 86 valence electrons. The molecule has 0 aromatic carbocycles. The molecular formula is C7H14N4O4. The topological polar surface area (TPSA) is 162 Å². The molecule has 15 heavy (non-hydrogen) atoms. The summed E-state index contributed by atoms with van der Waals surface area (Å²) in [6.45, 7) is -0.635. The van der Waals surface area contributed by atoms with Gasteiger partial charge in [0.25, 0.3) is 0 Å². The second kappa shape index (κ2) is 5.94. The van der Waals surface area contributed by atoms with Crippen LogP contribution in [0.25, 0.3) is 0 Å². The van der Waals surface area contributed by atoms with Crippen LogP contribution in [-0.4, -0.2) is 41.5 Å². The Morgan fingerprint density at radius 3 is 2.13 bits per heavy atom. The predicted molar refractivity (Wildman–Crippen MR) is 50.0 cm³/mol. The minimum atomic E-state index is -1.21. The van der Waals surface area contributed by atoms with Gasteiger partial charge in [-0.15, -0.1) is 0 Å². The standard InChI is InChI=1S/C7H14N4O4/c8-3(1-5(9)13)7(15)11-4(2-12)6(10)14/h3-4,12H,1-2,8H2,(H2,9,13)(H2,10,14)(H,11,15)/t3-,4-/m0/s1. The number of rotatable bonds is 6. The van der Waals surface area contributed by atoms with Crippen LogP contribution >= 0.6 is 0 Å². The average Bonchev–Trinajstić information content (AvgIpc) is 2.11. The highest BCUT2D eigenvalue weighted by Gasteiger charge is 2.22. The molecule has 0 aliphatic rings. The van der Waals surface area contributed by atoms with Crippen molar-refractivity contribution in [3.05, 3.63) is 0 Å². The second-order valence-electron chi connectivity index (χ2n) is 2.92. The molecule has 0 aliphatic heterocycles. The number of aliphatic hydroxyl groups is 1. The lowest BCUT2D eigenvalue weighted by molar-refractivity contribution is -0.130. The predicted octanol–water partition coefficient (Wildman–Crippen LogP) is -3.85. The van der Waals surface area contributed by atoms with Crippen molar-refractivity contribution in [3.8, 4) is 0 Å². The van der Waals surface area contributed by atoms with Gasteiger partial charge in [-0.05, 0) is 0 Å². The van der Waals surface area contributed by atoms with Crippen LogP contribution in [0.2, 0.25) is 0 Å². The molecule has 0 radical (unpaired) electrons. The van der Waals surface area contributed by atoms with Gasteiger partial charge in [-0.25, -0.2) is 0 Å². The zero-order chi connectivity index (χ0) is 12.0. The van der Waals surface area contributed by atoms with E-state index in [4.69, 9.17) is 22.3 Å². The molecule has 8 nitrogen and oxygen atoms in total. The van der Waals surface area contributed by atoms with Gasteiger partial charge in [0.1, 0.15) is 6.04 Å². The Morgan fingerprint density at radius 2 is 1.80 bits per heavy atom. The molecule has 0 heterocycles. The maximum absolute atomic E-state index is 11.2. The van der Waals surface area contributed by atoms with Crippen LogP contribution in [0, 0.1) is 0 Å². The maximum atomic E-state index is 11.2. The molecule has 8 heteroatoms. The van der Waals surface area contributed by atoms with Crippen molar-refractivity contribution in [2.75, 3.05) is 6.61 Å². The van der Waals surface area contributed by atoms with Gasteiger partial charge in [0.15, 0.2) is 0 Å². The Bertz CT molecular complexity index is 268. The Balaban J connectivity index is 4.21. The van der Waals surface area contributed by atoms with E-state index in [1.54, 1.807) is 0 Å². The van der Waals surface area contributed by atoms with E-state index in [0.29, 0.717) is 0 Å². The third-order valence-electron chi connectivity index (χ3n) is 1.60. The Hall–Kier alpha value is -1.67. The first-order chi connectivity index (χ1) is 6.88. The van der Waals surface area contributed by atoms with Gasteiger partial charge >= 0.3 is 0 Å². The molecule has 0 bridgehead atoms. The van der Waals surface area contributed by atoms with Gasteiger partial charge in [0.05, 0.1) is 19.1 Å². The minimum Gasteiger partial charge on any atom is -0.394 e. The minimum absolute atomic E-state index is 0.345. The summed E-state index contributed by atoms with van der Waals surface area (Å²) in [5.74, 6) is -2.40. The van der Waals surface area contributed by atoms with Gasteiger partial charge in [0, 0.05) is 0 Å². The van der Waals surface area contributed by atoms with E-state index in [1.807, 2.05) is 0 Å².